The Balaban J connectivity index is 1.58. The van der Waals surface area contributed by atoms with Gasteiger partial charge in [-0.2, -0.15) is 0 Å². The Morgan fingerprint density at radius 2 is 1.68 bits per heavy atom. The second kappa shape index (κ2) is 11.6. The first kappa shape index (κ1) is 27.5. The molecule has 2 aromatic carbocycles. The second-order valence-electron chi connectivity index (χ2n) is 10.7. The van der Waals surface area contributed by atoms with Crippen molar-refractivity contribution in [1.82, 2.24) is 4.90 Å². The number of hydrogen-bond donors (Lipinski definition) is 3. The zero-order valence-corrected chi connectivity index (χ0v) is 22.7. The standard InChI is InChI=1S/C30H36N4O6/c1-40-19-15-30-20-33(29(38)39)18-14-24(30)34(23-12-10-22(11-13-23)32-16-6-3-7-17-32)28(37)25(26(30)35)27(36)31-21-8-4-2-5-9-21/h2,4-5,8-13,24,35H,3,6-7,14-20H2,1H3,(H,31,36)(H,38,39)/t24-,30-/m0/s1. The molecule has 3 aliphatic rings. The summed E-state index contributed by atoms with van der Waals surface area (Å²) < 4.78 is 5.37. The number of rotatable bonds is 7. The fourth-order valence-corrected chi connectivity index (χ4v) is 6.31. The van der Waals surface area contributed by atoms with Gasteiger partial charge in [-0.05, 0) is 68.5 Å². The van der Waals surface area contributed by atoms with Gasteiger partial charge in [-0.15, -0.1) is 0 Å². The Labute approximate surface area is 233 Å². The average Bonchev–Trinajstić information content (AvgIpc) is 2.97. The lowest BCUT2D eigenvalue weighted by Gasteiger charge is -2.53. The lowest BCUT2D eigenvalue weighted by molar-refractivity contribution is -0.123. The number of methoxy groups -OCH3 is 1. The highest BCUT2D eigenvalue weighted by Gasteiger charge is 2.57. The number of likely N-dealkylation sites (tertiary alicyclic amines) is 1. The summed E-state index contributed by atoms with van der Waals surface area (Å²) in [4.78, 5) is 44.9. The number of ether oxygens (including phenoxy) is 1. The van der Waals surface area contributed by atoms with Gasteiger partial charge in [-0.1, -0.05) is 18.2 Å². The van der Waals surface area contributed by atoms with Crippen molar-refractivity contribution in [3.05, 3.63) is 65.9 Å². The minimum absolute atomic E-state index is 0.0695. The molecule has 0 saturated carbocycles. The fourth-order valence-electron chi connectivity index (χ4n) is 6.31. The van der Waals surface area contributed by atoms with Gasteiger partial charge in [0.2, 0.25) is 0 Å². The number of amides is 3. The SMILES string of the molecule is COCC[C@]12CN(C(=O)O)CC[C@@H]1N(c1ccc(N3CCCCC3)cc1)C(=O)C(C(=O)Nc1ccccc1)=C2O. The molecule has 0 unspecified atom stereocenters. The molecular formula is C30H36N4O6. The van der Waals surface area contributed by atoms with E-state index < -0.39 is 29.4 Å². The van der Waals surface area contributed by atoms with E-state index in [1.54, 1.807) is 35.2 Å². The lowest BCUT2D eigenvalue weighted by atomic mass is 9.67. The van der Waals surface area contributed by atoms with E-state index in [1.165, 1.54) is 18.4 Å². The number of hydrogen-bond acceptors (Lipinski definition) is 6. The highest BCUT2D eigenvalue weighted by molar-refractivity contribution is 6.28. The summed E-state index contributed by atoms with van der Waals surface area (Å²) in [6.07, 6.45) is 2.90. The van der Waals surface area contributed by atoms with E-state index in [0.29, 0.717) is 17.8 Å². The maximum Gasteiger partial charge on any atom is 0.407 e. The summed E-state index contributed by atoms with van der Waals surface area (Å²) in [5.41, 5.74) is 0.527. The van der Waals surface area contributed by atoms with Crippen LogP contribution < -0.4 is 15.1 Å². The summed E-state index contributed by atoms with van der Waals surface area (Å²) in [6, 6.07) is 15.9. The van der Waals surface area contributed by atoms with Crippen LogP contribution in [0.2, 0.25) is 0 Å². The number of aliphatic hydroxyl groups excluding tert-OH is 1. The molecule has 3 aliphatic heterocycles. The number of nitrogens with one attached hydrogen (secondary N) is 1. The van der Waals surface area contributed by atoms with Crippen LogP contribution in [0.25, 0.3) is 0 Å². The number of aliphatic hydroxyl groups is 1. The molecule has 0 spiro atoms. The van der Waals surface area contributed by atoms with Crippen LogP contribution in [0.4, 0.5) is 21.9 Å². The van der Waals surface area contributed by atoms with Gasteiger partial charge in [0.1, 0.15) is 11.3 Å². The summed E-state index contributed by atoms with van der Waals surface area (Å²) in [6.45, 7) is 2.30. The average molecular weight is 549 g/mol. The minimum atomic E-state index is -1.23. The maximum atomic E-state index is 14.1. The number of carboxylic acid groups (broad SMARTS) is 1. The molecule has 0 aliphatic carbocycles. The molecule has 3 heterocycles. The Morgan fingerprint density at radius 1 is 1.00 bits per heavy atom. The quantitative estimate of drug-likeness (QED) is 0.442. The third-order valence-corrected chi connectivity index (χ3v) is 8.37. The number of anilines is 3. The smallest absolute Gasteiger partial charge is 0.407 e. The highest BCUT2D eigenvalue weighted by Crippen LogP contribution is 2.48. The van der Waals surface area contributed by atoms with Gasteiger partial charge in [-0.3, -0.25) is 9.59 Å². The first-order valence-corrected chi connectivity index (χ1v) is 13.8. The van der Waals surface area contributed by atoms with E-state index in [1.807, 2.05) is 24.3 Å². The van der Waals surface area contributed by atoms with Gasteiger partial charge in [0, 0.05) is 57.0 Å². The summed E-state index contributed by atoms with van der Waals surface area (Å²) in [5.74, 6) is -1.75. The third kappa shape index (κ3) is 5.11. The van der Waals surface area contributed by atoms with Gasteiger partial charge >= 0.3 is 6.09 Å². The normalized spacial score (nSPS) is 23.2. The van der Waals surface area contributed by atoms with Crippen LogP contribution in [-0.2, 0) is 14.3 Å². The van der Waals surface area contributed by atoms with Crippen molar-refractivity contribution in [3.8, 4) is 0 Å². The number of benzene rings is 2. The van der Waals surface area contributed by atoms with Crippen LogP contribution in [-0.4, -0.2) is 79.0 Å². The predicted molar refractivity (Wildman–Crippen MR) is 152 cm³/mol. The van der Waals surface area contributed by atoms with E-state index in [9.17, 15) is 24.6 Å². The van der Waals surface area contributed by atoms with Crippen molar-refractivity contribution in [2.75, 3.05) is 55.0 Å². The van der Waals surface area contributed by atoms with Crippen molar-refractivity contribution in [2.24, 2.45) is 5.41 Å². The Bertz CT molecular complexity index is 1270. The molecule has 2 atom stereocenters. The molecular weight excluding hydrogens is 512 g/mol. The van der Waals surface area contributed by atoms with Gasteiger partial charge in [0.05, 0.1) is 11.5 Å². The molecule has 0 aromatic heterocycles. The van der Waals surface area contributed by atoms with Crippen molar-refractivity contribution in [2.45, 2.75) is 38.1 Å². The molecule has 10 heteroatoms. The van der Waals surface area contributed by atoms with E-state index in [2.05, 4.69) is 10.2 Å². The topological polar surface area (TPSA) is 123 Å². The first-order chi connectivity index (χ1) is 19.4. The number of para-hydroxylation sites is 1. The molecule has 10 nitrogen and oxygen atoms in total. The molecule has 3 N–H and O–H groups in total. The predicted octanol–water partition coefficient (Wildman–Crippen LogP) is 4.25. The minimum Gasteiger partial charge on any atom is -0.511 e. The Hall–Kier alpha value is -4.05. The van der Waals surface area contributed by atoms with Gasteiger partial charge in [0.25, 0.3) is 11.8 Å². The molecule has 40 heavy (non-hydrogen) atoms. The number of carbonyl (C=O) groups excluding carboxylic acids is 2. The van der Waals surface area contributed by atoms with Crippen LogP contribution in [0.1, 0.15) is 32.1 Å². The number of carbonyl (C=O) groups is 3. The van der Waals surface area contributed by atoms with Crippen LogP contribution in [0.5, 0.6) is 0 Å². The van der Waals surface area contributed by atoms with E-state index in [4.69, 9.17) is 4.74 Å². The molecule has 2 saturated heterocycles. The van der Waals surface area contributed by atoms with Gasteiger partial charge in [0.15, 0.2) is 0 Å². The number of piperidine rings is 2. The Kier molecular flexibility index (Phi) is 7.97. The van der Waals surface area contributed by atoms with Crippen LogP contribution in [0.15, 0.2) is 65.9 Å². The monoisotopic (exact) mass is 548 g/mol. The number of nitrogens with zero attached hydrogens (tertiary/aromatic N) is 3. The van der Waals surface area contributed by atoms with Crippen LogP contribution in [0, 0.1) is 5.41 Å². The summed E-state index contributed by atoms with van der Waals surface area (Å²) in [5, 5.41) is 24.3. The van der Waals surface area contributed by atoms with E-state index in [0.717, 1.165) is 31.6 Å². The molecule has 2 aromatic rings. The molecule has 0 bridgehead atoms. The third-order valence-electron chi connectivity index (χ3n) is 8.37. The van der Waals surface area contributed by atoms with Crippen molar-refractivity contribution in [1.29, 1.82) is 0 Å². The van der Waals surface area contributed by atoms with E-state index in [-0.39, 0.29) is 37.4 Å². The summed E-state index contributed by atoms with van der Waals surface area (Å²) >= 11 is 0. The van der Waals surface area contributed by atoms with Crippen molar-refractivity contribution >= 4 is 35.0 Å². The molecule has 2 fully saturated rings. The largest absolute Gasteiger partial charge is 0.511 e. The lowest BCUT2D eigenvalue weighted by Crippen LogP contribution is -2.65. The van der Waals surface area contributed by atoms with Crippen LogP contribution in [0.3, 0.4) is 0 Å². The molecule has 0 radical (unpaired) electrons. The Morgan fingerprint density at radius 3 is 2.33 bits per heavy atom. The van der Waals surface area contributed by atoms with Gasteiger partial charge in [-0.25, -0.2) is 4.79 Å². The molecule has 212 valence electrons. The number of fused-ring (bicyclic) bond motifs is 1. The zero-order chi connectivity index (χ0) is 28.3. The maximum absolute atomic E-state index is 14.1. The fraction of sp³-hybridized carbons (Fsp3) is 0.433. The second-order valence-corrected chi connectivity index (χ2v) is 10.7. The summed E-state index contributed by atoms with van der Waals surface area (Å²) in [7, 11) is 1.53. The van der Waals surface area contributed by atoms with Crippen molar-refractivity contribution < 1.29 is 29.3 Å². The zero-order valence-electron chi connectivity index (χ0n) is 22.7. The highest BCUT2D eigenvalue weighted by atomic mass is 16.5. The molecule has 3 amide bonds. The first-order valence-electron chi connectivity index (χ1n) is 13.8. The van der Waals surface area contributed by atoms with Crippen molar-refractivity contribution in [3.63, 3.8) is 0 Å². The van der Waals surface area contributed by atoms with Crippen LogP contribution >= 0.6 is 0 Å². The van der Waals surface area contributed by atoms with Gasteiger partial charge < -0.3 is 35.0 Å². The molecule has 5 rings (SSSR count). The van der Waals surface area contributed by atoms with E-state index >= 15 is 0 Å².